The quantitative estimate of drug-likeness (QED) is 0.654. The lowest BCUT2D eigenvalue weighted by molar-refractivity contribution is 0.524. The lowest BCUT2D eigenvalue weighted by atomic mass is 10.0. The molecule has 5 heteroatoms. The summed E-state index contributed by atoms with van der Waals surface area (Å²) in [4.78, 5) is 0. The van der Waals surface area contributed by atoms with Gasteiger partial charge in [0.25, 0.3) is 0 Å². The van der Waals surface area contributed by atoms with Crippen molar-refractivity contribution in [3.63, 3.8) is 0 Å². The zero-order chi connectivity index (χ0) is 14.0. The first-order valence-corrected chi connectivity index (χ1v) is 6.23. The van der Waals surface area contributed by atoms with Crippen molar-refractivity contribution in [1.82, 2.24) is 15.2 Å². The first-order valence-electron chi connectivity index (χ1n) is 6.23. The van der Waals surface area contributed by atoms with Gasteiger partial charge in [0.15, 0.2) is 0 Å². The van der Waals surface area contributed by atoms with Crippen molar-refractivity contribution in [3.05, 3.63) is 52.6 Å². The molecule has 0 radical (unpaired) electrons. The number of nitrogens with zero attached hydrogens (tertiary/aromatic N) is 2. The number of aromatic nitrogens is 2. The number of hydrogen-bond acceptors (Lipinski definition) is 3. The Labute approximate surface area is 112 Å². The van der Waals surface area contributed by atoms with Gasteiger partial charge in [0.2, 0.25) is 0 Å². The number of hydrazine groups is 1. The Balaban J connectivity index is 2.24. The molecular formula is C14H19FN4. The van der Waals surface area contributed by atoms with Gasteiger partial charge in [-0.15, -0.1) is 0 Å². The Morgan fingerprint density at radius 3 is 2.63 bits per heavy atom. The summed E-state index contributed by atoms with van der Waals surface area (Å²) >= 11 is 0. The molecule has 0 aliphatic carbocycles. The largest absolute Gasteiger partial charge is 0.272 e. The highest BCUT2D eigenvalue weighted by Gasteiger charge is 2.14. The molecule has 0 saturated carbocycles. The van der Waals surface area contributed by atoms with E-state index in [0.717, 1.165) is 17.0 Å². The van der Waals surface area contributed by atoms with Crippen molar-refractivity contribution in [3.8, 4) is 0 Å². The Hall–Kier alpha value is -1.72. The first-order chi connectivity index (χ1) is 9.01. The fraction of sp³-hybridized carbons (Fsp3) is 0.357. The summed E-state index contributed by atoms with van der Waals surface area (Å²) in [6.07, 6.45) is 0.663. The molecule has 1 aromatic heterocycles. The number of hydrogen-bond donors (Lipinski definition) is 2. The average molecular weight is 262 g/mol. The highest BCUT2D eigenvalue weighted by Crippen LogP contribution is 2.20. The highest BCUT2D eigenvalue weighted by atomic mass is 19.1. The van der Waals surface area contributed by atoms with Gasteiger partial charge in [0.1, 0.15) is 5.82 Å². The molecular weight excluding hydrogens is 243 g/mol. The summed E-state index contributed by atoms with van der Waals surface area (Å²) in [7, 11) is 1.89. The molecule has 1 atom stereocenters. The number of nitrogens with two attached hydrogens (primary N) is 1. The van der Waals surface area contributed by atoms with Crippen molar-refractivity contribution in [1.29, 1.82) is 0 Å². The monoisotopic (exact) mass is 262 g/mol. The van der Waals surface area contributed by atoms with E-state index in [2.05, 4.69) is 10.5 Å². The molecule has 1 heterocycles. The normalized spacial score (nSPS) is 12.7. The molecule has 3 N–H and O–H groups in total. The fourth-order valence-electron chi connectivity index (χ4n) is 2.16. The molecule has 0 saturated heterocycles. The highest BCUT2D eigenvalue weighted by molar-refractivity contribution is 5.27. The van der Waals surface area contributed by atoms with Gasteiger partial charge in [-0.2, -0.15) is 5.10 Å². The maximum Gasteiger partial charge on any atom is 0.126 e. The molecule has 0 aliphatic heterocycles. The molecule has 1 aromatic carbocycles. The Morgan fingerprint density at radius 1 is 1.37 bits per heavy atom. The predicted octanol–water partition coefficient (Wildman–Crippen LogP) is 1.92. The van der Waals surface area contributed by atoms with Crippen molar-refractivity contribution in [2.45, 2.75) is 26.3 Å². The van der Waals surface area contributed by atoms with Gasteiger partial charge in [-0.3, -0.25) is 16.0 Å². The van der Waals surface area contributed by atoms with Gasteiger partial charge in [-0.05, 0) is 37.1 Å². The van der Waals surface area contributed by atoms with Crippen LogP contribution in [0.5, 0.6) is 0 Å². The Morgan fingerprint density at radius 2 is 2.11 bits per heavy atom. The molecule has 102 valence electrons. The number of aryl methyl sites for hydroxylation is 3. The second-order valence-corrected chi connectivity index (χ2v) is 4.83. The lowest BCUT2D eigenvalue weighted by Crippen LogP contribution is -2.30. The van der Waals surface area contributed by atoms with Crippen LogP contribution in [0.25, 0.3) is 0 Å². The summed E-state index contributed by atoms with van der Waals surface area (Å²) in [6.45, 7) is 3.69. The third-order valence-corrected chi connectivity index (χ3v) is 3.31. The maximum absolute atomic E-state index is 13.6. The van der Waals surface area contributed by atoms with Crippen molar-refractivity contribution >= 4 is 0 Å². The van der Waals surface area contributed by atoms with E-state index < -0.39 is 0 Å². The molecule has 4 nitrogen and oxygen atoms in total. The van der Waals surface area contributed by atoms with Gasteiger partial charge < -0.3 is 0 Å². The molecule has 2 aromatic rings. The molecule has 2 rings (SSSR count). The van der Waals surface area contributed by atoms with Crippen LogP contribution in [0.1, 0.15) is 28.6 Å². The van der Waals surface area contributed by atoms with Crippen LogP contribution in [0.4, 0.5) is 4.39 Å². The summed E-state index contributed by atoms with van der Waals surface area (Å²) in [5.41, 5.74) is 6.23. The number of rotatable bonds is 4. The van der Waals surface area contributed by atoms with E-state index in [4.69, 9.17) is 5.84 Å². The van der Waals surface area contributed by atoms with E-state index in [0.29, 0.717) is 12.0 Å². The van der Waals surface area contributed by atoms with Crippen LogP contribution in [-0.2, 0) is 13.5 Å². The van der Waals surface area contributed by atoms with Gasteiger partial charge in [0, 0.05) is 19.2 Å². The van der Waals surface area contributed by atoms with Gasteiger partial charge in [-0.1, -0.05) is 12.1 Å². The smallest absolute Gasteiger partial charge is 0.126 e. The van der Waals surface area contributed by atoms with Crippen LogP contribution >= 0.6 is 0 Å². The zero-order valence-corrected chi connectivity index (χ0v) is 11.4. The second kappa shape index (κ2) is 5.50. The van der Waals surface area contributed by atoms with E-state index in [1.54, 1.807) is 13.0 Å². The van der Waals surface area contributed by atoms with Crippen LogP contribution in [0.15, 0.2) is 24.3 Å². The minimum Gasteiger partial charge on any atom is -0.272 e. The minimum absolute atomic E-state index is 0.134. The fourth-order valence-corrected chi connectivity index (χ4v) is 2.16. The molecule has 1 unspecified atom stereocenters. The van der Waals surface area contributed by atoms with Crippen LogP contribution in [0.3, 0.4) is 0 Å². The molecule has 0 fully saturated rings. The maximum atomic E-state index is 13.6. The van der Waals surface area contributed by atoms with Gasteiger partial charge in [0.05, 0.1) is 11.7 Å². The van der Waals surface area contributed by atoms with E-state index in [-0.39, 0.29) is 11.9 Å². The summed E-state index contributed by atoms with van der Waals surface area (Å²) in [5.74, 6) is 5.39. The lowest BCUT2D eigenvalue weighted by Gasteiger charge is -2.17. The predicted molar refractivity (Wildman–Crippen MR) is 72.9 cm³/mol. The standard InChI is InChI=1S/C14H19FN4/c1-9-4-5-11(7-13(9)15)14(17-16)8-12-6-10(2)18-19(12)3/h4-7,14,17H,8,16H2,1-3H3. The molecule has 0 bridgehead atoms. The Bertz CT molecular complexity index is 577. The SMILES string of the molecule is Cc1cc(CC(NN)c2ccc(C)c(F)c2)n(C)n1. The number of halogens is 1. The number of nitrogens with one attached hydrogen (secondary N) is 1. The third-order valence-electron chi connectivity index (χ3n) is 3.31. The second-order valence-electron chi connectivity index (χ2n) is 4.83. The molecule has 19 heavy (non-hydrogen) atoms. The summed E-state index contributed by atoms with van der Waals surface area (Å²) in [6, 6.07) is 7.07. The van der Waals surface area contributed by atoms with E-state index in [9.17, 15) is 4.39 Å². The summed E-state index contributed by atoms with van der Waals surface area (Å²) in [5, 5.41) is 4.30. The third kappa shape index (κ3) is 3.00. The van der Waals surface area contributed by atoms with E-state index in [1.165, 1.54) is 6.07 Å². The van der Waals surface area contributed by atoms with Gasteiger partial charge >= 0.3 is 0 Å². The molecule has 0 amide bonds. The van der Waals surface area contributed by atoms with Gasteiger partial charge in [-0.25, -0.2) is 4.39 Å². The first kappa shape index (κ1) is 13.7. The van der Waals surface area contributed by atoms with Crippen LogP contribution in [-0.4, -0.2) is 9.78 Å². The van der Waals surface area contributed by atoms with Crippen LogP contribution in [0.2, 0.25) is 0 Å². The minimum atomic E-state index is -0.209. The molecule has 0 spiro atoms. The van der Waals surface area contributed by atoms with Crippen LogP contribution in [0, 0.1) is 19.7 Å². The number of benzene rings is 1. The van der Waals surface area contributed by atoms with Crippen molar-refractivity contribution < 1.29 is 4.39 Å². The molecule has 0 aliphatic rings. The zero-order valence-electron chi connectivity index (χ0n) is 11.4. The van der Waals surface area contributed by atoms with Crippen molar-refractivity contribution in [2.24, 2.45) is 12.9 Å². The van der Waals surface area contributed by atoms with E-state index >= 15 is 0 Å². The average Bonchev–Trinajstić information content (AvgIpc) is 2.68. The topological polar surface area (TPSA) is 55.9 Å². The van der Waals surface area contributed by atoms with E-state index in [1.807, 2.05) is 30.8 Å². The summed E-state index contributed by atoms with van der Waals surface area (Å²) < 4.78 is 15.4. The Kier molecular flexibility index (Phi) is 3.97. The van der Waals surface area contributed by atoms with Crippen LogP contribution < -0.4 is 11.3 Å². The van der Waals surface area contributed by atoms with Crippen molar-refractivity contribution in [2.75, 3.05) is 0 Å².